The van der Waals surface area contributed by atoms with E-state index in [4.69, 9.17) is 0 Å². The average Bonchev–Trinajstić information content (AvgIpc) is 2.52. The van der Waals surface area contributed by atoms with Crippen molar-refractivity contribution < 1.29 is 0 Å². The van der Waals surface area contributed by atoms with E-state index in [9.17, 15) is 0 Å². The van der Waals surface area contributed by atoms with Crippen molar-refractivity contribution in [3.8, 4) is 0 Å². The van der Waals surface area contributed by atoms with E-state index in [0.29, 0.717) is 0 Å². The van der Waals surface area contributed by atoms with E-state index in [1.54, 1.807) is 6.20 Å². The summed E-state index contributed by atoms with van der Waals surface area (Å²) < 4.78 is 1.52. The zero-order valence-electron chi connectivity index (χ0n) is 12.0. The molecule has 21 heavy (non-hydrogen) atoms. The fraction of sp³-hybridized carbons (Fsp3) is 0.111. The van der Waals surface area contributed by atoms with Crippen LogP contribution in [0.5, 0.6) is 0 Å². The van der Waals surface area contributed by atoms with Crippen LogP contribution >= 0.6 is 0 Å². The Morgan fingerprint density at radius 2 is 1.52 bits per heavy atom. The molecule has 0 atom stereocenters. The Bertz CT molecular complexity index is 976. The van der Waals surface area contributed by atoms with E-state index in [1.165, 1.54) is 31.3 Å². The number of fused-ring (bicyclic) bond motifs is 4. The van der Waals surface area contributed by atoms with Gasteiger partial charge >= 0.3 is 128 Å². The minimum absolute atomic E-state index is 0.985. The number of benzene rings is 3. The molecular formula is C18H15AsN2. The maximum absolute atomic E-state index is 4.38. The first-order valence-electron chi connectivity index (χ1n) is 6.98. The van der Waals surface area contributed by atoms with Crippen molar-refractivity contribution in [2.45, 2.75) is 11.4 Å². The summed E-state index contributed by atoms with van der Waals surface area (Å²) in [5, 5.41) is 14.8. The minimum atomic E-state index is -0.985. The van der Waals surface area contributed by atoms with Crippen LogP contribution in [0.3, 0.4) is 0 Å². The molecule has 0 bridgehead atoms. The first-order valence-corrected chi connectivity index (χ1v) is 11.7. The topological polar surface area (TPSA) is 25.8 Å². The van der Waals surface area contributed by atoms with Gasteiger partial charge in [0.25, 0.3) is 0 Å². The van der Waals surface area contributed by atoms with Gasteiger partial charge in [-0.2, -0.15) is 0 Å². The van der Waals surface area contributed by atoms with Crippen LogP contribution < -0.4 is 4.35 Å². The van der Waals surface area contributed by atoms with Crippen molar-refractivity contribution >= 4 is 51.5 Å². The predicted molar refractivity (Wildman–Crippen MR) is 91.7 cm³/mol. The van der Waals surface area contributed by atoms with Crippen LogP contribution in [0, 0.1) is 0 Å². The molecule has 3 heteroatoms. The number of nitrogens with zero attached hydrogens (tertiary/aromatic N) is 2. The van der Waals surface area contributed by atoms with Crippen LogP contribution in [0.25, 0.3) is 32.4 Å². The van der Waals surface area contributed by atoms with Crippen molar-refractivity contribution in [3.05, 3.63) is 54.7 Å². The first-order chi connectivity index (χ1) is 10.2. The molecule has 0 radical (unpaired) electrons. The molecule has 102 valence electrons. The summed E-state index contributed by atoms with van der Waals surface area (Å²) in [6, 6.07) is 17.5. The molecule has 3 aromatic carbocycles. The molecule has 4 aromatic rings. The average molecular weight is 334 g/mol. The van der Waals surface area contributed by atoms with E-state index in [0.717, 1.165) is 5.52 Å². The van der Waals surface area contributed by atoms with Gasteiger partial charge in [-0.1, -0.05) is 0 Å². The van der Waals surface area contributed by atoms with Crippen molar-refractivity contribution in [3.63, 3.8) is 0 Å². The number of hydrogen-bond donors (Lipinski definition) is 0. The third kappa shape index (κ3) is 2.02. The fourth-order valence-corrected chi connectivity index (χ4v) is 5.14. The van der Waals surface area contributed by atoms with Crippen molar-refractivity contribution in [1.82, 2.24) is 10.2 Å². The Hall–Kier alpha value is -1.92. The van der Waals surface area contributed by atoms with Gasteiger partial charge in [0.1, 0.15) is 0 Å². The quantitative estimate of drug-likeness (QED) is 0.300. The summed E-state index contributed by atoms with van der Waals surface area (Å²) in [5.74, 6) is 0. The van der Waals surface area contributed by atoms with Gasteiger partial charge in [-0.3, -0.25) is 0 Å². The summed E-state index contributed by atoms with van der Waals surface area (Å²) >= 11 is -0.985. The Kier molecular flexibility index (Phi) is 2.94. The zero-order chi connectivity index (χ0) is 14.4. The molecular weight excluding hydrogens is 319 g/mol. The first kappa shape index (κ1) is 12.8. The van der Waals surface area contributed by atoms with E-state index in [1.807, 2.05) is 0 Å². The molecule has 1 heterocycles. The maximum atomic E-state index is 4.38. The van der Waals surface area contributed by atoms with Gasteiger partial charge in [-0.05, 0) is 0 Å². The third-order valence-corrected chi connectivity index (χ3v) is 6.74. The van der Waals surface area contributed by atoms with E-state index < -0.39 is 14.7 Å². The predicted octanol–water partition coefficient (Wildman–Crippen LogP) is 3.90. The van der Waals surface area contributed by atoms with Gasteiger partial charge < -0.3 is 0 Å². The second-order valence-electron chi connectivity index (χ2n) is 5.50. The molecule has 0 spiro atoms. The molecule has 0 saturated heterocycles. The third-order valence-electron chi connectivity index (χ3n) is 3.94. The fourth-order valence-electron chi connectivity index (χ4n) is 2.91. The second-order valence-corrected chi connectivity index (χ2v) is 10.3. The molecule has 0 N–H and O–H groups in total. The standard InChI is InChI=1S/C18H15AsN2/c1-19(2)17-11-14-7-8-20-21-18(14)16-10-13-6-4-3-5-12(13)9-15(16)17/h3-11H,1-2H3. The van der Waals surface area contributed by atoms with Gasteiger partial charge in [-0.15, -0.1) is 0 Å². The van der Waals surface area contributed by atoms with E-state index >= 15 is 0 Å². The Morgan fingerprint density at radius 3 is 2.24 bits per heavy atom. The number of hydrogen-bond acceptors (Lipinski definition) is 2. The SMILES string of the molecule is C[As](C)c1cc2ccnnc2c2cc3ccccc3cc12. The Balaban J connectivity index is 2.27. The molecule has 0 amide bonds. The number of aromatic nitrogens is 2. The van der Waals surface area contributed by atoms with Crippen molar-refractivity contribution in [2.24, 2.45) is 0 Å². The summed E-state index contributed by atoms with van der Waals surface area (Å²) in [7, 11) is 0. The zero-order valence-corrected chi connectivity index (χ0v) is 13.9. The molecule has 0 aliphatic carbocycles. The monoisotopic (exact) mass is 334 g/mol. The summed E-state index contributed by atoms with van der Waals surface area (Å²) in [6.07, 6.45) is 1.78. The van der Waals surface area contributed by atoms with Gasteiger partial charge in [0.05, 0.1) is 0 Å². The van der Waals surface area contributed by atoms with Crippen LogP contribution in [0.15, 0.2) is 54.7 Å². The van der Waals surface area contributed by atoms with Gasteiger partial charge in [0.15, 0.2) is 0 Å². The van der Waals surface area contributed by atoms with E-state index in [-0.39, 0.29) is 0 Å². The Labute approximate surface area is 128 Å². The molecule has 0 unspecified atom stereocenters. The molecule has 0 aliphatic heterocycles. The number of rotatable bonds is 1. The molecule has 0 saturated carbocycles. The van der Waals surface area contributed by atoms with Crippen LogP contribution in [-0.2, 0) is 0 Å². The molecule has 2 nitrogen and oxygen atoms in total. The summed E-state index contributed by atoms with van der Waals surface area (Å²) in [4.78, 5) is 0. The summed E-state index contributed by atoms with van der Waals surface area (Å²) in [6.45, 7) is 0. The van der Waals surface area contributed by atoms with Crippen molar-refractivity contribution in [1.29, 1.82) is 0 Å². The molecule has 1 aromatic heterocycles. The van der Waals surface area contributed by atoms with Gasteiger partial charge in [0.2, 0.25) is 0 Å². The normalized spacial score (nSPS) is 11.8. The van der Waals surface area contributed by atoms with Crippen LogP contribution in [0.4, 0.5) is 0 Å². The van der Waals surface area contributed by atoms with Gasteiger partial charge in [0, 0.05) is 0 Å². The second kappa shape index (κ2) is 4.82. The molecule has 0 fully saturated rings. The Morgan fingerprint density at radius 1 is 0.810 bits per heavy atom. The van der Waals surface area contributed by atoms with Crippen LogP contribution in [0.1, 0.15) is 0 Å². The van der Waals surface area contributed by atoms with Gasteiger partial charge in [-0.25, -0.2) is 0 Å². The van der Waals surface area contributed by atoms with Crippen molar-refractivity contribution in [2.75, 3.05) is 0 Å². The van der Waals surface area contributed by atoms with E-state index in [2.05, 4.69) is 70.2 Å². The molecule has 0 aliphatic rings. The van der Waals surface area contributed by atoms with Crippen LogP contribution in [0.2, 0.25) is 11.4 Å². The summed E-state index contributed by atoms with van der Waals surface area (Å²) in [5.41, 5.74) is 5.78. The van der Waals surface area contributed by atoms with Crippen LogP contribution in [-0.4, -0.2) is 24.8 Å². The molecule has 4 rings (SSSR count).